The first-order valence-electron chi connectivity index (χ1n) is 7.54. The average Bonchev–Trinajstić information content (AvgIpc) is 2.86. The molecule has 2 heteroatoms. The fourth-order valence-electron chi connectivity index (χ4n) is 5.79. The maximum absolute atomic E-state index is 4.85. The van der Waals surface area contributed by atoms with Gasteiger partial charge in [-0.3, -0.25) is 0 Å². The lowest BCUT2D eigenvalue weighted by Gasteiger charge is -2.39. The number of rotatable bonds is 2. The molecule has 0 bridgehead atoms. The van der Waals surface area contributed by atoms with Crippen LogP contribution in [-0.2, 0) is 0 Å². The molecule has 3 rings (SSSR count). The normalized spacial score (nSPS) is 50.1. The van der Waals surface area contributed by atoms with Crippen molar-refractivity contribution in [2.75, 3.05) is 0 Å². The van der Waals surface area contributed by atoms with Gasteiger partial charge in [-0.2, -0.15) is 0 Å². The third kappa shape index (κ3) is 1.45. The minimum atomic E-state index is 0.00359. The predicted molar refractivity (Wildman–Crippen MR) is 78.8 cm³/mol. The van der Waals surface area contributed by atoms with Crippen LogP contribution in [0.25, 0.3) is 0 Å². The second-order valence-corrected chi connectivity index (χ2v) is 7.80. The highest BCUT2D eigenvalue weighted by molar-refractivity contribution is 7.78. The standard InChI is InChI=1S/C16H25NS/c1-10-7-8-16-11(2)5-6-12(14(16)13(10)16)15(3,4)17-9-18/h10-14H,5-8H2,1-4H3/t10-,11+,12-,13+,14+,16-/m1/s1. The molecule has 1 nitrogen and oxygen atoms in total. The van der Waals surface area contributed by atoms with Gasteiger partial charge >= 0.3 is 0 Å². The summed E-state index contributed by atoms with van der Waals surface area (Å²) in [6.45, 7) is 9.49. The van der Waals surface area contributed by atoms with Crippen LogP contribution in [0.15, 0.2) is 4.99 Å². The van der Waals surface area contributed by atoms with E-state index >= 15 is 0 Å². The van der Waals surface area contributed by atoms with Crippen molar-refractivity contribution in [2.45, 2.75) is 58.9 Å². The maximum Gasteiger partial charge on any atom is 0.0685 e. The van der Waals surface area contributed by atoms with Crippen LogP contribution >= 0.6 is 12.2 Å². The van der Waals surface area contributed by atoms with E-state index in [4.69, 9.17) is 12.2 Å². The Balaban J connectivity index is 1.91. The number of aliphatic imine (C=N–C) groups is 1. The zero-order valence-corrected chi connectivity index (χ0v) is 12.9. The molecule has 100 valence electrons. The van der Waals surface area contributed by atoms with E-state index in [0.29, 0.717) is 5.41 Å². The number of thiocarbonyl (C=S) groups is 1. The molecule has 3 fully saturated rings. The van der Waals surface area contributed by atoms with Crippen LogP contribution < -0.4 is 0 Å². The van der Waals surface area contributed by atoms with Crippen molar-refractivity contribution in [3.63, 3.8) is 0 Å². The maximum atomic E-state index is 4.85. The molecule has 0 unspecified atom stereocenters. The first kappa shape index (κ1) is 12.8. The van der Waals surface area contributed by atoms with Crippen molar-refractivity contribution >= 4 is 17.4 Å². The second kappa shape index (κ2) is 3.90. The van der Waals surface area contributed by atoms with E-state index in [1.54, 1.807) is 0 Å². The molecular weight excluding hydrogens is 238 g/mol. The molecule has 0 amide bonds. The lowest BCUT2D eigenvalue weighted by Crippen LogP contribution is -2.37. The Hall–Kier alpha value is -0.200. The van der Waals surface area contributed by atoms with E-state index < -0.39 is 0 Å². The number of fused-ring (bicyclic) bond motifs is 1. The van der Waals surface area contributed by atoms with E-state index in [1.165, 1.54) is 25.7 Å². The van der Waals surface area contributed by atoms with E-state index in [0.717, 1.165) is 29.6 Å². The topological polar surface area (TPSA) is 12.4 Å². The van der Waals surface area contributed by atoms with Crippen LogP contribution in [0.5, 0.6) is 0 Å². The molecule has 1 spiro atoms. The van der Waals surface area contributed by atoms with Crippen molar-refractivity contribution in [3.05, 3.63) is 0 Å². The Kier molecular flexibility index (Phi) is 2.78. The monoisotopic (exact) mass is 263 g/mol. The molecule has 0 heterocycles. The smallest absolute Gasteiger partial charge is 0.0685 e. The predicted octanol–water partition coefficient (Wildman–Crippen LogP) is 4.58. The quantitative estimate of drug-likeness (QED) is 0.525. The second-order valence-electron chi connectivity index (χ2n) is 7.62. The lowest BCUT2D eigenvalue weighted by molar-refractivity contribution is 0.125. The summed E-state index contributed by atoms with van der Waals surface area (Å²) in [6.07, 6.45) is 5.65. The molecule has 0 aromatic heterocycles. The number of hydrogen-bond donors (Lipinski definition) is 0. The number of isothiocyanates is 1. The lowest BCUT2D eigenvalue weighted by atomic mass is 9.67. The van der Waals surface area contributed by atoms with Crippen LogP contribution in [0.1, 0.15) is 53.4 Å². The summed E-state index contributed by atoms with van der Waals surface area (Å²) in [5, 5.41) is 2.64. The molecule has 18 heavy (non-hydrogen) atoms. The molecule has 3 aliphatic rings. The van der Waals surface area contributed by atoms with Crippen molar-refractivity contribution < 1.29 is 0 Å². The van der Waals surface area contributed by atoms with Gasteiger partial charge in [0.1, 0.15) is 0 Å². The average molecular weight is 263 g/mol. The van der Waals surface area contributed by atoms with E-state index in [1.807, 2.05) is 0 Å². The summed E-state index contributed by atoms with van der Waals surface area (Å²) in [6, 6.07) is 0. The van der Waals surface area contributed by atoms with Crippen molar-refractivity contribution in [3.8, 4) is 0 Å². The Labute approximate surface area is 116 Å². The highest BCUT2D eigenvalue weighted by atomic mass is 32.1. The summed E-state index contributed by atoms with van der Waals surface area (Å²) in [5.74, 6) is 4.51. The number of nitrogens with zero attached hydrogens (tertiary/aromatic N) is 1. The molecule has 6 atom stereocenters. The molecule has 0 aliphatic heterocycles. The van der Waals surface area contributed by atoms with E-state index in [9.17, 15) is 0 Å². The highest BCUT2D eigenvalue weighted by Crippen LogP contribution is 2.79. The van der Waals surface area contributed by atoms with Gasteiger partial charge in [0.2, 0.25) is 0 Å². The Morgan fingerprint density at radius 2 is 1.89 bits per heavy atom. The Bertz CT molecular complexity index is 409. The van der Waals surface area contributed by atoms with Crippen molar-refractivity contribution in [1.29, 1.82) is 0 Å². The van der Waals surface area contributed by atoms with Gasteiger partial charge in [-0.15, -0.1) is 0 Å². The fraction of sp³-hybridized carbons (Fsp3) is 0.938. The van der Waals surface area contributed by atoms with Gasteiger partial charge in [0, 0.05) is 0 Å². The third-order valence-electron chi connectivity index (χ3n) is 6.67. The summed E-state index contributed by atoms with van der Waals surface area (Å²) < 4.78 is 0. The first-order valence-corrected chi connectivity index (χ1v) is 7.95. The molecule has 0 aromatic rings. The van der Waals surface area contributed by atoms with E-state index in [-0.39, 0.29) is 5.54 Å². The van der Waals surface area contributed by atoms with Gasteiger partial charge in [-0.1, -0.05) is 13.8 Å². The van der Waals surface area contributed by atoms with Gasteiger partial charge in [-0.05, 0) is 86.8 Å². The van der Waals surface area contributed by atoms with E-state index in [2.05, 4.69) is 37.8 Å². The molecule has 0 aromatic carbocycles. The molecule has 3 aliphatic carbocycles. The molecule has 0 N–H and O–H groups in total. The summed E-state index contributed by atoms with van der Waals surface area (Å²) in [4.78, 5) is 4.50. The SMILES string of the molecule is C[C@@H]1CC[C@@]23[C@@H]1[C@@H]2[C@H](C(C)(C)N=C=S)CC[C@@H]3C. The summed E-state index contributed by atoms with van der Waals surface area (Å²) in [5.41, 5.74) is 0.695. The largest absolute Gasteiger partial charge is 0.226 e. The first-order chi connectivity index (χ1) is 8.45. The molecular formula is C16H25NS. The van der Waals surface area contributed by atoms with Crippen molar-refractivity contribution in [1.82, 2.24) is 0 Å². The number of hydrogen-bond acceptors (Lipinski definition) is 2. The van der Waals surface area contributed by atoms with Crippen LogP contribution in [0.2, 0.25) is 0 Å². The molecule has 0 radical (unpaired) electrons. The van der Waals surface area contributed by atoms with Crippen molar-refractivity contribution in [2.24, 2.45) is 40.0 Å². The zero-order valence-electron chi connectivity index (χ0n) is 12.1. The Morgan fingerprint density at radius 3 is 2.56 bits per heavy atom. The minimum absolute atomic E-state index is 0.00359. The van der Waals surface area contributed by atoms with Gasteiger partial charge < -0.3 is 0 Å². The summed E-state index contributed by atoms with van der Waals surface area (Å²) >= 11 is 4.85. The minimum Gasteiger partial charge on any atom is -0.226 e. The van der Waals surface area contributed by atoms with Crippen LogP contribution in [-0.4, -0.2) is 10.7 Å². The molecule has 0 saturated heterocycles. The van der Waals surface area contributed by atoms with Gasteiger partial charge in [0.25, 0.3) is 0 Å². The van der Waals surface area contributed by atoms with Crippen LogP contribution in [0, 0.1) is 35.0 Å². The van der Waals surface area contributed by atoms with Gasteiger partial charge in [0.05, 0.1) is 10.7 Å². The van der Waals surface area contributed by atoms with Crippen LogP contribution in [0.4, 0.5) is 0 Å². The fourth-order valence-corrected chi connectivity index (χ4v) is 6.03. The zero-order chi connectivity index (χ0) is 13.1. The summed E-state index contributed by atoms with van der Waals surface area (Å²) in [7, 11) is 0. The molecule has 3 saturated carbocycles. The van der Waals surface area contributed by atoms with Gasteiger partial charge in [0.15, 0.2) is 0 Å². The Morgan fingerprint density at radius 1 is 1.17 bits per heavy atom. The third-order valence-corrected chi connectivity index (χ3v) is 6.76. The highest BCUT2D eigenvalue weighted by Gasteiger charge is 2.75. The van der Waals surface area contributed by atoms with Gasteiger partial charge in [-0.25, -0.2) is 4.99 Å². The van der Waals surface area contributed by atoms with Crippen LogP contribution in [0.3, 0.4) is 0 Å².